The number of methoxy groups -OCH3 is 1. The van der Waals surface area contributed by atoms with Crippen molar-refractivity contribution < 1.29 is 9.53 Å². The molecule has 0 heterocycles. The van der Waals surface area contributed by atoms with Gasteiger partial charge in [0.05, 0.1) is 12.8 Å². The van der Waals surface area contributed by atoms with E-state index in [4.69, 9.17) is 4.74 Å². The molecule has 0 fully saturated rings. The largest absolute Gasteiger partial charge is 0.495 e. The fourth-order valence-corrected chi connectivity index (χ4v) is 2.53. The molecule has 0 aliphatic carbocycles. The third-order valence-corrected chi connectivity index (χ3v) is 3.77. The summed E-state index contributed by atoms with van der Waals surface area (Å²) >= 11 is 0. The molecule has 4 nitrogen and oxygen atoms in total. The molecule has 4 heteroatoms. The number of carbonyl (C=O) groups excluding carboxylic acids is 1. The summed E-state index contributed by atoms with van der Waals surface area (Å²) in [5, 5.41) is 5.84. The van der Waals surface area contributed by atoms with Crippen LogP contribution in [0.1, 0.15) is 36.5 Å². The van der Waals surface area contributed by atoms with E-state index in [0.717, 1.165) is 22.4 Å². The number of hydrogen-bond donors (Lipinski definition) is 2. The third-order valence-electron chi connectivity index (χ3n) is 3.77. The molecular weight excluding hydrogens is 288 g/mol. The first kappa shape index (κ1) is 16.9. The molecule has 0 aliphatic heterocycles. The molecule has 0 aliphatic rings. The van der Waals surface area contributed by atoms with Crippen LogP contribution in [0.4, 0.5) is 16.2 Å². The second-order valence-corrected chi connectivity index (χ2v) is 5.98. The number of ether oxygens (including phenoxy) is 1. The van der Waals surface area contributed by atoms with Gasteiger partial charge in [0.15, 0.2) is 0 Å². The van der Waals surface area contributed by atoms with E-state index in [-0.39, 0.29) is 6.03 Å². The predicted molar refractivity (Wildman–Crippen MR) is 95.6 cm³/mol. The Morgan fingerprint density at radius 1 is 1.09 bits per heavy atom. The van der Waals surface area contributed by atoms with Crippen molar-refractivity contribution in [1.82, 2.24) is 0 Å². The van der Waals surface area contributed by atoms with Gasteiger partial charge in [-0.15, -0.1) is 0 Å². The summed E-state index contributed by atoms with van der Waals surface area (Å²) in [5.74, 6) is 0.971. The molecule has 0 saturated heterocycles. The summed E-state index contributed by atoms with van der Waals surface area (Å²) in [6, 6.07) is 11.5. The molecule has 0 unspecified atom stereocenters. The first-order valence-electron chi connectivity index (χ1n) is 7.74. The highest BCUT2D eigenvalue weighted by Gasteiger charge is 2.13. The molecule has 2 amide bonds. The van der Waals surface area contributed by atoms with Crippen LogP contribution in [0.5, 0.6) is 5.75 Å². The summed E-state index contributed by atoms with van der Waals surface area (Å²) in [6.07, 6.45) is 0. The summed E-state index contributed by atoms with van der Waals surface area (Å²) < 4.78 is 5.29. The Labute approximate surface area is 137 Å². The summed E-state index contributed by atoms with van der Waals surface area (Å²) in [5.41, 5.74) is 4.75. The second-order valence-electron chi connectivity index (χ2n) is 5.98. The SMILES string of the molecule is COc1ccc(C)cc1NC(=O)Nc1c(C)cccc1C(C)C. The fourth-order valence-electron chi connectivity index (χ4n) is 2.53. The molecular formula is C19H24N2O2. The average molecular weight is 312 g/mol. The Morgan fingerprint density at radius 3 is 2.48 bits per heavy atom. The monoisotopic (exact) mass is 312 g/mol. The Bertz CT molecular complexity index is 709. The van der Waals surface area contributed by atoms with Gasteiger partial charge < -0.3 is 15.4 Å². The Morgan fingerprint density at radius 2 is 1.83 bits per heavy atom. The lowest BCUT2D eigenvalue weighted by atomic mass is 9.98. The van der Waals surface area contributed by atoms with Crippen LogP contribution in [-0.4, -0.2) is 13.1 Å². The number of nitrogens with one attached hydrogen (secondary N) is 2. The summed E-state index contributed by atoms with van der Waals surface area (Å²) in [7, 11) is 1.59. The number of hydrogen-bond acceptors (Lipinski definition) is 2. The zero-order valence-corrected chi connectivity index (χ0v) is 14.4. The minimum Gasteiger partial charge on any atom is -0.495 e. The van der Waals surface area contributed by atoms with E-state index in [2.05, 4.69) is 24.5 Å². The highest BCUT2D eigenvalue weighted by Crippen LogP contribution is 2.29. The molecule has 0 radical (unpaired) electrons. The van der Waals surface area contributed by atoms with Gasteiger partial charge in [-0.3, -0.25) is 0 Å². The van der Waals surface area contributed by atoms with Gasteiger partial charge >= 0.3 is 6.03 Å². The van der Waals surface area contributed by atoms with Crippen molar-refractivity contribution in [3.05, 3.63) is 53.1 Å². The third kappa shape index (κ3) is 4.03. The van der Waals surface area contributed by atoms with Crippen molar-refractivity contribution >= 4 is 17.4 Å². The van der Waals surface area contributed by atoms with Crippen molar-refractivity contribution in [3.63, 3.8) is 0 Å². The van der Waals surface area contributed by atoms with Gasteiger partial charge in [0.25, 0.3) is 0 Å². The van der Waals surface area contributed by atoms with Crippen LogP contribution in [-0.2, 0) is 0 Å². The molecule has 2 N–H and O–H groups in total. The van der Waals surface area contributed by atoms with Crippen molar-refractivity contribution in [2.75, 3.05) is 17.7 Å². The number of anilines is 2. The number of aryl methyl sites for hydroxylation is 2. The van der Waals surface area contributed by atoms with Crippen molar-refractivity contribution in [2.45, 2.75) is 33.6 Å². The van der Waals surface area contributed by atoms with E-state index in [9.17, 15) is 4.79 Å². The van der Waals surface area contributed by atoms with Crippen molar-refractivity contribution in [1.29, 1.82) is 0 Å². The second kappa shape index (κ2) is 7.18. The Kier molecular flexibility index (Phi) is 5.27. The number of urea groups is 1. The van der Waals surface area contributed by atoms with Crippen LogP contribution in [0.2, 0.25) is 0 Å². The number of carbonyl (C=O) groups is 1. The van der Waals surface area contributed by atoms with E-state index < -0.39 is 0 Å². The first-order chi connectivity index (χ1) is 10.9. The zero-order valence-electron chi connectivity index (χ0n) is 14.4. The quantitative estimate of drug-likeness (QED) is 0.827. The maximum absolute atomic E-state index is 12.4. The topological polar surface area (TPSA) is 50.4 Å². The first-order valence-corrected chi connectivity index (χ1v) is 7.74. The lowest BCUT2D eigenvalue weighted by Crippen LogP contribution is -2.21. The molecule has 0 bridgehead atoms. The van der Waals surface area contributed by atoms with Crippen molar-refractivity contribution in [2.24, 2.45) is 0 Å². The summed E-state index contributed by atoms with van der Waals surface area (Å²) in [4.78, 5) is 12.4. The highest BCUT2D eigenvalue weighted by molar-refractivity contribution is 6.01. The lowest BCUT2D eigenvalue weighted by molar-refractivity contribution is 0.262. The van der Waals surface area contributed by atoms with Crippen LogP contribution in [0.15, 0.2) is 36.4 Å². The minimum absolute atomic E-state index is 0.273. The van der Waals surface area contributed by atoms with E-state index in [1.807, 2.05) is 50.2 Å². The molecule has 2 aromatic carbocycles. The standard InChI is InChI=1S/C19H24N2O2/c1-12(2)15-8-6-7-14(4)18(15)21-19(22)20-16-11-13(3)9-10-17(16)23-5/h6-12H,1-5H3,(H2,20,21,22). The molecule has 0 saturated carbocycles. The maximum Gasteiger partial charge on any atom is 0.323 e. The molecule has 0 atom stereocenters. The maximum atomic E-state index is 12.4. The smallest absolute Gasteiger partial charge is 0.323 e. The lowest BCUT2D eigenvalue weighted by Gasteiger charge is -2.17. The average Bonchev–Trinajstić information content (AvgIpc) is 2.49. The Hall–Kier alpha value is -2.49. The highest BCUT2D eigenvalue weighted by atomic mass is 16.5. The number of benzene rings is 2. The molecule has 0 spiro atoms. The van der Waals surface area contributed by atoms with Gasteiger partial charge in [-0.2, -0.15) is 0 Å². The minimum atomic E-state index is -0.273. The van der Waals surface area contributed by atoms with Crippen molar-refractivity contribution in [3.8, 4) is 5.75 Å². The van der Waals surface area contributed by atoms with Crippen LogP contribution >= 0.6 is 0 Å². The van der Waals surface area contributed by atoms with Crippen LogP contribution < -0.4 is 15.4 Å². The van der Waals surface area contributed by atoms with Crippen LogP contribution in [0.25, 0.3) is 0 Å². The molecule has 2 aromatic rings. The van der Waals surface area contributed by atoms with Gasteiger partial charge in [0.1, 0.15) is 5.75 Å². The van der Waals surface area contributed by atoms with Gasteiger partial charge in [-0.1, -0.05) is 38.1 Å². The van der Waals surface area contributed by atoms with Gasteiger partial charge in [0.2, 0.25) is 0 Å². The predicted octanol–water partition coefficient (Wildman–Crippen LogP) is 5.08. The van der Waals surface area contributed by atoms with E-state index in [0.29, 0.717) is 17.4 Å². The normalized spacial score (nSPS) is 10.5. The molecule has 23 heavy (non-hydrogen) atoms. The summed E-state index contributed by atoms with van der Waals surface area (Å²) in [6.45, 7) is 8.19. The van der Waals surface area contributed by atoms with E-state index in [1.54, 1.807) is 7.11 Å². The number of amides is 2. The molecule has 122 valence electrons. The Balaban J connectivity index is 2.23. The fraction of sp³-hybridized carbons (Fsp3) is 0.316. The van der Waals surface area contributed by atoms with E-state index in [1.165, 1.54) is 0 Å². The molecule has 0 aromatic heterocycles. The van der Waals surface area contributed by atoms with Crippen LogP contribution in [0.3, 0.4) is 0 Å². The van der Waals surface area contributed by atoms with Gasteiger partial charge in [-0.25, -0.2) is 4.79 Å². The van der Waals surface area contributed by atoms with E-state index >= 15 is 0 Å². The van der Waals surface area contributed by atoms with Crippen LogP contribution in [0, 0.1) is 13.8 Å². The molecule has 2 rings (SSSR count). The number of para-hydroxylation sites is 1. The number of rotatable bonds is 4. The zero-order chi connectivity index (χ0) is 17.0. The van der Waals surface area contributed by atoms with Gasteiger partial charge in [0, 0.05) is 5.69 Å². The van der Waals surface area contributed by atoms with Gasteiger partial charge in [-0.05, 0) is 48.6 Å².